The van der Waals surface area contributed by atoms with Crippen LogP contribution in [0.15, 0.2) is 36.7 Å². The summed E-state index contributed by atoms with van der Waals surface area (Å²) >= 11 is 0. The minimum atomic E-state index is -0.140. The number of hydrogen-bond donors (Lipinski definition) is 0. The van der Waals surface area contributed by atoms with Crippen LogP contribution in [0.1, 0.15) is 24.1 Å². The second-order valence-electron chi connectivity index (χ2n) is 5.94. The molecule has 0 N–H and O–H groups in total. The molecule has 22 heavy (non-hydrogen) atoms. The topological polar surface area (TPSA) is 62.0 Å². The smallest absolute Gasteiger partial charge is 0.161 e. The van der Waals surface area contributed by atoms with Crippen LogP contribution in [-0.2, 0) is 6.42 Å². The molecule has 0 bridgehead atoms. The third kappa shape index (κ3) is 2.17. The molecule has 2 aliphatic rings. The number of hydrogen-bond acceptors (Lipinski definition) is 5. The molecule has 2 aromatic rings. The molecule has 2 aliphatic heterocycles. The van der Waals surface area contributed by atoms with Gasteiger partial charge in [0.1, 0.15) is 23.2 Å². The van der Waals surface area contributed by atoms with Crippen LogP contribution in [0.2, 0.25) is 0 Å². The quantitative estimate of drug-likeness (QED) is 0.807. The van der Waals surface area contributed by atoms with E-state index in [-0.39, 0.29) is 5.60 Å². The van der Waals surface area contributed by atoms with Gasteiger partial charge in [-0.05, 0) is 24.5 Å². The van der Waals surface area contributed by atoms with Crippen LogP contribution in [0.4, 0.5) is 5.82 Å². The molecule has 1 fully saturated rings. The summed E-state index contributed by atoms with van der Waals surface area (Å²) in [5, 5.41) is 8.96. The van der Waals surface area contributed by atoms with E-state index in [9.17, 15) is 0 Å². The molecular weight excluding hydrogens is 276 g/mol. The van der Waals surface area contributed by atoms with Gasteiger partial charge in [-0.2, -0.15) is 5.26 Å². The van der Waals surface area contributed by atoms with E-state index in [1.807, 2.05) is 12.1 Å². The van der Waals surface area contributed by atoms with E-state index in [0.717, 1.165) is 43.9 Å². The van der Waals surface area contributed by atoms with E-state index in [4.69, 9.17) is 10.00 Å². The van der Waals surface area contributed by atoms with Crippen molar-refractivity contribution in [2.24, 2.45) is 0 Å². The van der Waals surface area contributed by atoms with Crippen LogP contribution < -0.4 is 9.64 Å². The first-order chi connectivity index (χ1) is 10.8. The lowest BCUT2D eigenvalue weighted by atomic mass is 9.90. The number of ether oxygens (including phenoxy) is 1. The van der Waals surface area contributed by atoms with Gasteiger partial charge in [-0.25, -0.2) is 4.98 Å². The van der Waals surface area contributed by atoms with Gasteiger partial charge in [-0.15, -0.1) is 0 Å². The number of nitrogens with zero attached hydrogens (tertiary/aromatic N) is 4. The zero-order valence-corrected chi connectivity index (χ0v) is 12.2. The number of aromatic nitrogens is 2. The van der Waals surface area contributed by atoms with E-state index >= 15 is 0 Å². The number of nitriles is 1. The van der Waals surface area contributed by atoms with Crippen molar-refractivity contribution in [2.75, 3.05) is 18.0 Å². The molecule has 0 amide bonds. The fourth-order valence-corrected chi connectivity index (χ4v) is 3.35. The molecule has 0 saturated carbocycles. The van der Waals surface area contributed by atoms with E-state index in [1.54, 1.807) is 6.20 Å². The minimum absolute atomic E-state index is 0.140. The van der Waals surface area contributed by atoms with Crippen molar-refractivity contribution in [1.82, 2.24) is 9.97 Å². The normalized spacial score (nSPS) is 23.0. The number of aryl methyl sites for hydroxylation is 1. The Bertz CT molecular complexity index is 754. The van der Waals surface area contributed by atoms with Gasteiger partial charge >= 0.3 is 0 Å². The second kappa shape index (κ2) is 4.99. The molecule has 5 heteroatoms. The number of rotatable bonds is 1. The fraction of sp³-hybridized carbons (Fsp3) is 0.353. The first-order valence-corrected chi connectivity index (χ1v) is 7.52. The van der Waals surface area contributed by atoms with Crippen LogP contribution >= 0.6 is 0 Å². The van der Waals surface area contributed by atoms with Gasteiger partial charge in [0.2, 0.25) is 0 Å². The average molecular weight is 292 g/mol. The maximum absolute atomic E-state index is 8.96. The van der Waals surface area contributed by atoms with Crippen LogP contribution in [0.5, 0.6) is 5.75 Å². The van der Waals surface area contributed by atoms with Gasteiger partial charge in [-0.1, -0.05) is 18.2 Å². The van der Waals surface area contributed by atoms with Gasteiger partial charge in [0.25, 0.3) is 0 Å². The Hall–Kier alpha value is -2.61. The zero-order chi connectivity index (χ0) is 15.0. The standard InChI is InChI=1S/C17H16N4O/c18-9-14-10-19-11-16(20-14)21-8-7-17(12-21)6-5-13-3-1-2-4-15(13)22-17/h1-4,10-11H,5-8,12H2/t17-/m1/s1. The lowest BCUT2D eigenvalue weighted by Gasteiger charge is -2.35. The summed E-state index contributed by atoms with van der Waals surface area (Å²) in [5.74, 6) is 1.77. The molecule has 0 aliphatic carbocycles. The van der Waals surface area contributed by atoms with Crippen molar-refractivity contribution in [3.05, 3.63) is 47.9 Å². The van der Waals surface area contributed by atoms with Gasteiger partial charge in [0, 0.05) is 13.0 Å². The third-order valence-corrected chi connectivity index (χ3v) is 4.53. The summed E-state index contributed by atoms with van der Waals surface area (Å²) in [7, 11) is 0. The Balaban J connectivity index is 1.57. The molecule has 1 atom stereocenters. The van der Waals surface area contributed by atoms with Gasteiger partial charge < -0.3 is 9.64 Å². The van der Waals surface area contributed by atoms with Crippen molar-refractivity contribution in [3.63, 3.8) is 0 Å². The number of anilines is 1. The lowest BCUT2D eigenvalue weighted by Crippen LogP contribution is -2.42. The maximum Gasteiger partial charge on any atom is 0.161 e. The highest BCUT2D eigenvalue weighted by molar-refractivity contribution is 5.43. The van der Waals surface area contributed by atoms with Crippen molar-refractivity contribution >= 4 is 5.82 Å². The summed E-state index contributed by atoms with van der Waals surface area (Å²) in [6.45, 7) is 1.68. The Morgan fingerprint density at radius 3 is 3.05 bits per heavy atom. The summed E-state index contributed by atoms with van der Waals surface area (Å²) in [4.78, 5) is 10.6. The largest absolute Gasteiger partial charge is 0.485 e. The summed E-state index contributed by atoms with van der Waals surface area (Å²) in [6.07, 6.45) is 6.25. The van der Waals surface area contributed by atoms with Crippen molar-refractivity contribution in [2.45, 2.75) is 24.9 Å². The lowest BCUT2D eigenvalue weighted by molar-refractivity contribution is 0.0682. The fourth-order valence-electron chi connectivity index (χ4n) is 3.35. The number of fused-ring (bicyclic) bond motifs is 1. The zero-order valence-electron chi connectivity index (χ0n) is 12.2. The maximum atomic E-state index is 8.96. The van der Waals surface area contributed by atoms with Gasteiger partial charge in [-0.3, -0.25) is 4.98 Å². The first-order valence-electron chi connectivity index (χ1n) is 7.52. The van der Waals surface area contributed by atoms with E-state index in [0.29, 0.717) is 5.69 Å². The van der Waals surface area contributed by atoms with Crippen LogP contribution in [0.3, 0.4) is 0 Å². The van der Waals surface area contributed by atoms with Crippen LogP contribution in [-0.4, -0.2) is 28.7 Å². The Labute approximate surface area is 129 Å². The van der Waals surface area contributed by atoms with E-state index < -0.39 is 0 Å². The monoisotopic (exact) mass is 292 g/mol. The molecule has 1 aromatic carbocycles. The average Bonchev–Trinajstić information content (AvgIpc) is 2.98. The highest BCUT2D eigenvalue weighted by Crippen LogP contribution is 2.39. The molecule has 3 heterocycles. The molecule has 0 radical (unpaired) electrons. The number of benzene rings is 1. The van der Waals surface area contributed by atoms with E-state index in [2.05, 4.69) is 33.1 Å². The SMILES string of the molecule is N#Cc1cncc(N2CC[C@]3(CCc4ccccc4O3)C2)n1. The summed E-state index contributed by atoms with van der Waals surface area (Å²) < 4.78 is 6.33. The molecule has 1 saturated heterocycles. The van der Waals surface area contributed by atoms with Crippen molar-refractivity contribution in [3.8, 4) is 11.8 Å². The van der Waals surface area contributed by atoms with Crippen molar-refractivity contribution in [1.29, 1.82) is 5.26 Å². The molecule has 1 aromatic heterocycles. The summed E-state index contributed by atoms with van der Waals surface area (Å²) in [5.41, 5.74) is 1.50. The highest BCUT2D eigenvalue weighted by atomic mass is 16.5. The van der Waals surface area contributed by atoms with Gasteiger partial charge in [0.05, 0.1) is 18.9 Å². The minimum Gasteiger partial charge on any atom is -0.485 e. The molecule has 1 spiro atoms. The van der Waals surface area contributed by atoms with Crippen molar-refractivity contribution < 1.29 is 4.74 Å². The third-order valence-electron chi connectivity index (χ3n) is 4.53. The molecule has 5 nitrogen and oxygen atoms in total. The molecule has 110 valence electrons. The Morgan fingerprint density at radius 2 is 2.14 bits per heavy atom. The highest BCUT2D eigenvalue weighted by Gasteiger charge is 2.43. The second-order valence-corrected chi connectivity index (χ2v) is 5.94. The first kappa shape index (κ1) is 13.1. The predicted molar refractivity (Wildman–Crippen MR) is 81.7 cm³/mol. The molecular formula is C17H16N4O. The molecule has 0 unspecified atom stereocenters. The van der Waals surface area contributed by atoms with Crippen LogP contribution in [0, 0.1) is 11.3 Å². The number of para-hydroxylation sites is 1. The van der Waals surface area contributed by atoms with E-state index in [1.165, 1.54) is 11.8 Å². The predicted octanol–water partition coefficient (Wildman–Crippen LogP) is 2.32. The van der Waals surface area contributed by atoms with Gasteiger partial charge in [0.15, 0.2) is 5.69 Å². The summed E-state index contributed by atoms with van der Waals surface area (Å²) in [6, 6.07) is 10.3. The molecule has 4 rings (SSSR count). The Kier molecular flexibility index (Phi) is 2.97. The van der Waals surface area contributed by atoms with Crippen LogP contribution in [0.25, 0.3) is 0 Å². The Morgan fingerprint density at radius 1 is 1.23 bits per heavy atom.